The Morgan fingerprint density at radius 1 is 1.32 bits per heavy atom. The molecule has 6 nitrogen and oxygen atoms in total. The number of hydrogen-bond acceptors (Lipinski definition) is 3. The molecule has 2 N–H and O–H groups in total. The van der Waals surface area contributed by atoms with E-state index in [0.717, 1.165) is 38.3 Å². The van der Waals surface area contributed by atoms with E-state index >= 15 is 0 Å². The molecule has 0 radical (unpaired) electrons. The first-order chi connectivity index (χ1) is 11.7. The standard InChI is InChI=1S/C19H36N4O2/c1-15(2)23-16(25)12-22(14-18(23,3)4)17(20-5)21-13-19(10-11-24)8-6-7-9-19/h15,24H,6-14H2,1-5H3,(H,20,21). The Hall–Kier alpha value is -1.30. The fourth-order valence-electron chi connectivity index (χ4n) is 4.79. The Morgan fingerprint density at radius 3 is 2.44 bits per heavy atom. The zero-order valence-corrected chi connectivity index (χ0v) is 16.6. The average Bonchev–Trinajstić information content (AvgIpc) is 2.95. The minimum absolute atomic E-state index is 0.153. The molecule has 1 heterocycles. The zero-order valence-electron chi connectivity index (χ0n) is 16.6. The molecule has 1 saturated heterocycles. The molecule has 25 heavy (non-hydrogen) atoms. The Balaban J connectivity index is 2.05. The van der Waals surface area contributed by atoms with Gasteiger partial charge in [0.1, 0.15) is 0 Å². The third kappa shape index (κ3) is 4.46. The highest BCUT2D eigenvalue weighted by Crippen LogP contribution is 2.40. The molecule has 0 aromatic carbocycles. The molecule has 6 heteroatoms. The lowest BCUT2D eigenvalue weighted by atomic mass is 9.83. The molecule has 2 rings (SSSR count). The lowest BCUT2D eigenvalue weighted by Crippen LogP contribution is -2.66. The number of aliphatic hydroxyl groups is 1. The van der Waals surface area contributed by atoms with Gasteiger partial charge in [-0.1, -0.05) is 12.8 Å². The number of nitrogens with one attached hydrogen (secondary N) is 1. The third-order valence-corrected chi connectivity index (χ3v) is 5.78. The van der Waals surface area contributed by atoms with Gasteiger partial charge < -0.3 is 20.2 Å². The maximum absolute atomic E-state index is 12.7. The number of carbonyl (C=O) groups excluding carboxylic acids is 1. The monoisotopic (exact) mass is 352 g/mol. The van der Waals surface area contributed by atoms with Crippen molar-refractivity contribution in [2.24, 2.45) is 10.4 Å². The van der Waals surface area contributed by atoms with Gasteiger partial charge in [0.2, 0.25) is 5.91 Å². The van der Waals surface area contributed by atoms with E-state index in [2.05, 4.69) is 42.9 Å². The van der Waals surface area contributed by atoms with Gasteiger partial charge in [-0.25, -0.2) is 0 Å². The second kappa shape index (κ2) is 7.94. The van der Waals surface area contributed by atoms with Crippen LogP contribution in [0.2, 0.25) is 0 Å². The molecule has 0 bridgehead atoms. The highest BCUT2D eigenvalue weighted by atomic mass is 16.3. The van der Waals surface area contributed by atoms with Gasteiger partial charge in [-0.15, -0.1) is 0 Å². The summed E-state index contributed by atoms with van der Waals surface area (Å²) in [5, 5.41) is 12.9. The van der Waals surface area contributed by atoms with Gasteiger partial charge >= 0.3 is 0 Å². The third-order valence-electron chi connectivity index (χ3n) is 5.78. The first-order valence-corrected chi connectivity index (χ1v) is 9.63. The number of guanidine groups is 1. The van der Waals surface area contributed by atoms with E-state index in [9.17, 15) is 9.90 Å². The fourth-order valence-corrected chi connectivity index (χ4v) is 4.79. The number of hydrogen-bond donors (Lipinski definition) is 2. The van der Waals surface area contributed by atoms with Crippen LogP contribution >= 0.6 is 0 Å². The van der Waals surface area contributed by atoms with Crippen LogP contribution in [0.1, 0.15) is 59.8 Å². The van der Waals surface area contributed by atoms with E-state index in [1.165, 1.54) is 12.8 Å². The summed E-state index contributed by atoms with van der Waals surface area (Å²) in [5.74, 6) is 0.953. The van der Waals surface area contributed by atoms with Gasteiger partial charge in [0.25, 0.3) is 0 Å². The lowest BCUT2D eigenvalue weighted by Gasteiger charge is -2.49. The molecule has 1 aliphatic carbocycles. The van der Waals surface area contributed by atoms with Gasteiger partial charge in [0.05, 0.1) is 12.1 Å². The van der Waals surface area contributed by atoms with Crippen LogP contribution in [0.15, 0.2) is 4.99 Å². The minimum Gasteiger partial charge on any atom is -0.396 e. The Bertz CT molecular complexity index is 496. The number of nitrogens with zero attached hydrogens (tertiary/aromatic N) is 3. The van der Waals surface area contributed by atoms with Crippen LogP contribution in [0, 0.1) is 5.41 Å². The Morgan fingerprint density at radius 2 is 1.96 bits per heavy atom. The number of aliphatic imine (C=N–C) groups is 1. The number of piperazine rings is 1. The van der Waals surface area contributed by atoms with Crippen LogP contribution in [0.3, 0.4) is 0 Å². The highest BCUT2D eigenvalue weighted by Gasteiger charge is 2.41. The van der Waals surface area contributed by atoms with Crippen molar-refractivity contribution < 1.29 is 9.90 Å². The molecule has 2 aliphatic rings. The molecule has 1 aliphatic heterocycles. The van der Waals surface area contributed by atoms with E-state index in [-0.39, 0.29) is 29.5 Å². The van der Waals surface area contributed by atoms with Crippen LogP contribution in [-0.2, 0) is 4.79 Å². The van der Waals surface area contributed by atoms with Crippen LogP contribution in [-0.4, -0.2) is 71.6 Å². The summed E-state index contributed by atoms with van der Waals surface area (Å²) in [7, 11) is 1.78. The summed E-state index contributed by atoms with van der Waals surface area (Å²) in [4.78, 5) is 21.2. The number of aliphatic hydroxyl groups excluding tert-OH is 1. The summed E-state index contributed by atoms with van der Waals surface area (Å²) in [6.07, 6.45) is 5.62. The van der Waals surface area contributed by atoms with E-state index in [0.29, 0.717) is 6.54 Å². The van der Waals surface area contributed by atoms with Crippen molar-refractivity contribution in [3.05, 3.63) is 0 Å². The molecule has 1 amide bonds. The number of carbonyl (C=O) groups is 1. The van der Waals surface area contributed by atoms with Crippen LogP contribution < -0.4 is 5.32 Å². The summed E-state index contributed by atoms with van der Waals surface area (Å²) < 4.78 is 0. The summed E-state index contributed by atoms with van der Waals surface area (Å²) >= 11 is 0. The van der Waals surface area contributed by atoms with E-state index in [4.69, 9.17) is 0 Å². The van der Waals surface area contributed by atoms with Crippen LogP contribution in [0.25, 0.3) is 0 Å². The second-order valence-electron chi connectivity index (χ2n) is 8.61. The SMILES string of the molecule is CN=C(NCC1(CCO)CCCC1)N1CC(=O)N(C(C)C)C(C)(C)C1. The summed E-state index contributed by atoms with van der Waals surface area (Å²) in [6, 6.07) is 0.200. The molecule has 144 valence electrons. The molecule has 0 aromatic heterocycles. The largest absolute Gasteiger partial charge is 0.396 e. The normalized spacial score (nSPS) is 23.5. The van der Waals surface area contributed by atoms with E-state index in [1.54, 1.807) is 7.05 Å². The highest BCUT2D eigenvalue weighted by molar-refractivity contribution is 5.88. The maximum atomic E-state index is 12.7. The van der Waals surface area contributed by atoms with E-state index in [1.807, 2.05) is 4.90 Å². The fraction of sp³-hybridized carbons (Fsp3) is 0.895. The van der Waals surface area contributed by atoms with Crippen molar-refractivity contribution in [1.29, 1.82) is 0 Å². The predicted molar refractivity (Wildman–Crippen MR) is 102 cm³/mol. The van der Waals surface area contributed by atoms with E-state index < -0.39 is 0 Å². The van der Waals surface area contributed by atoms with Crippen LogP contribution in [0.4, 0.5) is 0 Å². The van der Waals surface area contributed by atoms with Crippen LogP contribution in [0.5, 0.6) is 0 Å². The molecule has 0 atom stereocenters. The molecule has 0 spiro atoms. The summed E-state index contributed by atoms with van der Waals surface area (Å²) in [6.45, 7) is 10.6. The Labute approximate surface area is 152 Å². The zero-order chi connectivity index (χ0) is 18.7. The first kappa shape index (κ1) is 20.0. The van der Waals surface area contributed by atoms with Gasteiger partial charge in [-0.05, 0) is 52.4 Å². The molecule has 1 saturated carbocycles. The maximum Gasteiger partial charge on any atom is 0.242 e. The van der Waals surface area contributed by atoms with Crippen molar-refractivity contribution in [3.8, 4) is 0 Å². The van der Waals surface area contributed by atoms with Crippen molar-refractivity contribution in [3.63, 3.8) is 0 Å². The minimum atomic E-state index is -0.225. The smallest absolute Gasteiger partial charge is 0.242 e. The van der Waals surface area contributed by atoms with Gasteiger partial charge in [-0.2, -0.15) is 0 Å². The molecule has 2 fully saturated rings. The first-order valence-electron chi connectivity index (χ1n) is 9.63. The van der Waals surface area contributed by atoms with Crippen molar-refractivity contribution in [1.82, 2.24) is 15.1 Å². The second-order valence-corrected chi connectivity index (χ2v) is 8.61. The topological polar surface area (TPSA) is 68.2 Å². The van der Waals surface area contributed by atoms with Crippen molar-refractivity contribution in [2.75, 3.05) is 33.3 Å². The van der Waals surface area contributed by atoms with Gasteiger partial charge in [0.15, 0.2) is 5.96 Å². The predicted octanol–water partition coefficient (Wildman–Crippen LogP) is 1.84. The molecule has 0 aromatic rings. The number of rotatable bonds is 5. The Kier molecular flexibility index (Phi) is 6.35. The molecule has 0 unspecified atom stereocenters. The van der Waals surface area contributed by atoms with Crippen molar-refractivity contribution in [2.45, 2.75) is 71.4 Å². The average molecular weight is 353 g/mol. The summed E-state index contributed by atoms with van der Waals surface area (Å²) in [5.41, 5.74) is -0.0543. The number of amides is 1. The van der Waals surface area contributed by atoms with Gasteiger partial charge in [-0.3, -0.25) is 9.79 Å². The quantitative estimate of drug-likeness (QED) is 0.585. The lowest BCUT2D eigenvalue weighted by molar-refractivity contribution is -0.145. The molecular formula is C19H36N4O2. The van der Waals surface area contributed by atoms with Gasteiger partial charge in [0, 0.05) is 32.8 Å². The van der Waals surface area contributed by atoms with Crippen molar-refractivity contribution >= 4 is 11.9 Å². The molecular weight excluding hydrogens is 316 g/mol.